The number of nitrogens with one attached hydrogen (secondary N) is 2. The van der Waals surface area contributed by atoms with Gasteiger partial charge >= 0.3 is 0 Å². The van der Waals surface area contributed by atoms with Crippen molar-refractivity contribution in [2.75, 3.05) is 20.1 Å². The van der Waals surface area contributed by atoms with E-state index >= 15 is 0 Å². The summed E-state index contributed by atoms with van der Waals surface area (Å²) in [6, 6.07) is 0.649. The maximum Gasteiger partial charge on any atom is 0.220 e. The van der Waals surface area contributed by atoms with Crippen molar-refractivity contribution >= 4 is 5.91 Å². The molecule has 2 saturated heterocycles. The number of amides is 1. The second-order valence-electron chi connectivity index (χ2n) is 7.98. The summed E-state index contributed by atoms with van der Waals surface area (Å²) in [6.07, 6.45) is 4.25. The molecule has 2 fully saturated rings. The van der Waals surface area contributed by atoms with Crippen molar-refractivity contribution < 1.29 is 4.79 Å². The molecule has 4 heteroatoms. The summed E-state index contributed by atoms with van der Waals surface area (Å²) >= 11 is 0. The molecule has 2 aliphatic heterocycles. The Balaban J connectivity index is 1.94. The molecule has 0 bridgehead atoms. The minimum Gasteiger partial charge on any atom is -0.359 e. The molecule has 0 spiro atoms. The Labute approximate surface area is 123 Å². The first-order valence-corrected chi connectivity index (χ1v) is 7.95. The molecule has 0 unspecified atom stereocenters. The second-order valence-corrected chi connectivity index (χ2v) is 7.98. The molecule has 1 atom stereocenters. The van der Waals surface area contributed by atoms with Crippen LogP contribution in [-0.4, -0.2) is 48.1 Å². The first-order valence-electron chi connectivity index (χ1n) is 7.95. The van der Waals surface area contributed by atoms with Gasteiger partial charge in [-0.2, -0.15) is 0 Å². The number of hydrogen-bond acceptors (Lipinski definition) is 3. The lowest BCUT2D eigenvalue weighted by molar-refractivity contribution is -0.121. The Morgan fingerprint density at radius 2 is 1.85 bits per heavy atom. The average Bonchev–Trinajstić information content (AvgIpc) is 2.73. The summed E-state index contributed by atoms with van der Waals surface area (Å²) in [6.45, 7) is 11.5. The molecule has 0 saturated carbocycles. The van der Waals surface area contributed by atoms with Crippen molar-refractivity contribution in [3.8, 4) is 0 Å². The highest BCUT2D eigenvalue weighted by atomic mass is 16.1. The highest BCUT2D eigenvalue weighted by Gasteiger charge is 2.41. The fraction of sp³-hybridized carbons (Fsp3) is 0.938. The summed E-state index contributed by atoms with van der Waals surface area (Å²) < 4.78 is 0. The molecule has 0 aromatic carbocycles. The molecule has 0 radical (unpaired) electrons. The Morgan fingerprint density at radius 3 is 2.40 bits per heavy atom. The largest absolute Gasteiger partial charge is 0.359 e. The first kappa shape index (κ1) is 15.8. The topological polar surface area (TPSA) is 44.4 Å². The fourth-order valence-electron chi connectivity index (χ4n) is 4.25. The van der Waals surface area contributed by atoms with E-state index in [1.54, 1.807) is 7.05 Å². The van der Waals surface area contributed by atoms with Crippen LogP contribution in [0.4, 0.5) is 0 Å². The predicted octanol–water partition coefficient (Wildman–Crippen LogP) is 1.75. The predicted molar refractivity (Wildman–Crippen MR) is 82.7 cm³/mol. The van der Waals surface area contributed by atoms with E-state index in [4.69, 9.17) is 0 Å². The molecule has 0 aromatic rings. The second kappa shape index (κ2) is 5.64. The van der Waals surface area contributed by atoms with E-state index in [1.165, 1.54) is 12.8 Å². The third kappa shape index (κ3) is 3.95. The van der Waals surface area contributed by atoms with Crippen LogP contribution in [0.3, 0.4) is 0 Å². The Bertz CT molecular complexity index is 349. The van der Waals surface area contributed by atoms with Crippen LogP contribution < -0.4 is 10.6 Å². The number of carbonyl (C=O) groups excluding carboxylic acids is 1. The monoisotopic (exact) mass is 281 g/mol. The van der Waals surface area contributed by atoms with Crippen LogP contribution in [0.1, 0.15) is 53.4 Å². The van der Waals surface area contributed by atoms with Gasteiger partial charge in [0.15, 0.2) is 0 Å². The highest BCUT2D eigenvalue weighted by molar-refractivity contribution is 5.75. The number of rotatable bonds is 3. The maximum atomic E-state index is 11.5. The van der Waals surface area contributed by atoms with Gasteiger partial charge in [0.2, 0.25) is 5.91 Å². The molecule has 1 amide bonds. The summed E-state index contributed by atoms with van der Waals surface area (Å²) in [5, 5.41) is 6.49. The zero-order valence-corrected chi connectivity index (χ0v) is 13.8. The molecule has 2 N–H and O–H groups in total. The minimum absolute atomic E-state index is 0.183. The standard InChI is InChI=1S/C16H31N3O/c1-15(2)9-13(10-16(3,4)18-15)19-7-6-12(11-19)8-14(20)17-5/h12-13,18H,6-11H2,1-5H3,(H,17,20)/t12-/m1/s1. The lowest BCUT2D eigenvalue weighted by Crippen LogP contribution is -2.62. The molecule has 0 aliphatic carbocycles. The van der Waals surface area contributed by atoms with E-state index in [-0.39, 0.29) is 17.0 Å². The molecule has 2 aliphatic rings. The van der Waals surface area contributed by atoms with Gasteiger partial charge in [-0.15, -0.1) is 0 Å². The Hall–Kier alpha value is -0.610. The van der Waals surface area contributed by atoms with Crippen molar-refractivity contribution in [2.45, 2.75) is 70.5 Å². The highest BCUT2D eigenvalue weighted by Crippen LogP contribution is 2.34. The van der Waals surface area contributed by atoms with Crippen LogP contribution in [-0.2, 0) is 4.79 Å². The summed E-state index contributed by atoms with van der Waals surface area (Å²) in [5.41, 5.74) is 0.399. The normalized spacial score (nSPS) is 30.4. The van der Waals surface area contributed by atoms with Gasteiger partial charge in [-0.3, -0.25) is 9.69 Å². The van der Waals surface area contributed by atoms with E-state index in [1.807, 2.05) is 0 Å². The summed E-state index contributed by atoms with van der Waals surface area (Å²) in [5.74, 6) is 0.721. The van der Waals surface area contributed by atoms with Crippen LogP contribution in [0.2, 0.25) is 0 Å². The zero-order valence-electron chi connectivity index (χ0n) is 13.8. The average molecular weight is 281 g/mol. The molecule has 116 valence electrons. The van der Waals surface area contributed by atoms with E-state index in [2.05, 4.69) is 43.2 Å². The number of nitrogens with zero attached hydrogens (tertiary/aromatic N) is 1. The quantitative estimate of drug-likeness (QED) is 0.828. The van der Waals surface area contributed by atoms with Gasteiger partial charge in [0.05, 0.1) is 0 Å². The van der Waals surface area contributed by atoms with Crippen LogP contribution in [0.5, 0.6) is 0 Å². The van der Waals surface area contributed by atoms with Crippen LogP contribution >= 0.6 is 0 Å². The maximum absolute atomic E-state index is 11.5. The zero-order chi connectivity index (χ0) is 15.0. The summed E-state index contributed by atoms with van der Waals surface area (Å²) in [7, 11) is 1.73. The molecular formula is C16H31N3O. The van der Waals surface area contributed by atoms with Crippen molar-refractivity contribution in [1.29, 1.82) is 0 Å². The van der Waals surface area contributed by atoms with E-state index < -0.39 is 0 Å². The molecular weight excluding hydrogens is 250 g/mol. The van der Waals surface area contributed by atoms with Crippen molar-refractivity contribution in [3.63, 3.8) is 0 Å². The minimum atomic E-state index is 0.183. The third-order valence-electron chi connectivity index (χ3n) is 4.76. The van der Waals surface area contributed by atoms with Gasteiger partial charge in [-0.05, 0) is 59.4 Å². The number of carbonyl (C=O) groups is 1. The molecule has 2 heterocycles. The van der Waals surface area contributed by atoms with E-state index in [9.17, 15) is 4.79 Å². The van der Waals surface area contributed by atoms with Gasteiger partial charge in [0.25, 0.3) is 0 Å². The smallest absolute Gasteiger partial charge is 0.220 e. The number of likely N-dealkylation sites (tertiary alicyclic amines) is 1. The SMILES string of the molecule is CNC(=O)C[C@H]1CCN(C2CC(C)(C)NC(C)(C)C2)C1. The van der Waals surface area contributed by atoms with E-state index in [0.29, 0.717) is 18.4 Å². The van der Waals surface area contributed by atoms with Gasteiger partial charge in [-0.1, -0.05) is 0 Å². The van der Waals surface area contributed by atoms with Crippen molar-refractivity contribution in [3.05, 3.63) is 0 Å². The summed E-state index contributed by atoms with van der Waals surface area (Å²) in [4.78, 5) is 14.1. The van der Waals surface area contributed by atoms with Gasteiger partial charge in [0, 0.05) is 37.1 Å². The first-order chi connectivity index (χ1) is 9.21. The van der Waals surface area contributed by atoms with Crippen molar-refractivity contribution in [2.24, 2.45) is 5.92 Å². The van der Waals surface area contributed by atoms with E-state index in [0.717, 1.165) is 19.5 Å². The van der Waals surface area contributed by atoms with Crippen molar-refractivity contribution in [1.82, 2.24) is 15.5 Å². The van der Waals surface area contributed by atoms with Crippen LogP contribution in [0.25, 0.3) is 0 Å². The lowest BCUT2D eigenvalue weighted by Gasteiger charge is -2.49. The van der Waals surface area contributed by atoms with Gasteiger partial charge in [0.1, 0.15) is 0 Å². The number of hydrogen-bond donors (Lipinski definition) is 2. The van der Waals surface area contributed by atoms with Gasteiger partial charge in [-0.25, -0.2) is 0 Å². The van der Waals surface area contributed by atoms with Crippen LogP contribution in [0, 0.1) is 5.92 Å². The molecule has 2 rings (SSSR count). The van der Waals surface area contributed by atoms with Gasteiger partial charge < -0.3 is 10.6 Å². The Morgan fingerprint density at radius 1 is 1.25 bits per heavy atom. The van der Waals surface area contributed by atoms with Crippen LogP contribution in [0.15, 0.2) is 0 Å². The molecule has 0 aromatic heterocycles. The Kier molecular flexibility index (Phi) is 4.45. The fourth-order valence-corrected chi connectivity index (χ4v) is 4.25. The lowest BCUT2D eigenvalue weighted by atomic mass is 9.79. The molecule has 20 heavy (non-hydrogen) atoms. The number of piperidine rings is 1. The third-order valence-corrected chi connectivity index (χ3v) is 4.76. The molecule has 4 nitrogen and oxygen atoms in total.